The minimum Gasteiger partial charge on any atom is -0.479 e. The Morgan fingerprint density at radius 1 is 1.22 bits per heavy atom. The molecule has 0 saturated heterocycles. The van der Waals surface area contributed by atoms with E-state index in [4.69, 9.17) is 4.74 Å². The number of carboxylic acids is 1. The molecule has 3 nitrogen and oxygen atoms in total. The van der Waals surface area contributed by atoms with Gasteiger partial charge in [-0.2, -0.15) is 0 Å². The molecule has 0 fully saturated rings. The van der Waals surface area contributed by atoms with E-state index in [-0.39, 0.29) is 5.82 Å². The van der Waals surface area contributed by atoms with Gasteiger partial charge < -0.3 is 9.84 Å². The Kier molecular flexibility index (Phi) is 6.04. The molecular formula is C18H19FO3S. The van der Waals surface area contributed by atoms with Crippen molar-refractivity contribution in [2.75, 3.05) is 5.75 Å². The van der Waals surface area contributed by atoms with Gasteiger partial charge in [-0.1, -0.05) is 17.7 Å². The highest BCUT2D eigenvalue weighted by atomic mass is 32.2. The zero-order valence-electron chi connectivity index (χ0n) is 13.1. The lowest BCUT2D eigenvalue weighted by Gasteiger charge is -2.15. The molecule has 0 aliphatic heterocycles. The number of carboxylic acid groups (broad SMARTS) is 1. The first kappa shape index (κ1) is 17.3. The van der Waals surface area contributed by atoms with Crippen molar-refractivity contribution >= 4 is 17.7 Å². The summed E-state index contributed by atoms with van der Waals surface area (Å²) in [6.07, 6.45) is -0.580. The van der Waals surface area contributed by atoms with Crippen LogP contribution in [0.25, 0.3) is 0 Å². The van der Waals surface area contributed by atoms with Crippen molar-refractivity contribution in [3.8, 4) is 5.75 Å². The van der Waals surface area contributed by atoms with Crippen molar-refractivity contribution in [2.45, 2.75) is 31.3 Å². The van der Waals surface area contributed by atoms with Crippen LogP contribution >= 0.6 is 11.8 Å². The molecule has 23 heavy (non-hydrogen) atoms. The lowest BCUT2D eigenvalue weighted by Crippen LogP contribution is -2.27. The van der Waals surface area contributed by atoms with E-state index in [1.54, 1.807) is 11.8 Å². The minimum absolute atomic E-state index is 0.357. The number of aryl methyl sites for hydroxylation is 2. The van der Waals surface area contributed by atoms with Gasteiger partial charge in [0.05, 0.1) is 0 Å². The molecule has 1 N–H and O–H groups in total. The Bertz CT molecular complexity index is 670. The zero-order valence-corrected chi connectivity index (χ0v) is 13.9. The molecule has 1 unspecified atom stereocenters. The maximum Gasteiger partial charge on any atom is 0.344 e. The molecule has 5 heteroatoms. The molecule has 2 aromatic carbocycles. The third-order valence-corrected chi connectivity index (χ3v) is 4.54. The average molecular weight is 334 g/mol. The number of aliphatic carboxylic acids is 1. The first-order valence-electron chi connectivity index (χ1n) is 7.31. The van der Waals surface area contributed by atoms with Gasteiger partial charge in [0.15, 0.2) is 6.10 Å². The number of ether oxygens (including phenoxy) is 1. The number of halogens is 1. The summed E-state index contributed by atoms with van der Waals surface area (Å²) in [4.78, 5) is 12.5. The molecule has 0 aromatic heterocycles. The van der Waals surface area contributed by atoms with E-state index in [0.717, 1.165) is 4.90 Å². The van der Waals surface area contributed by atoms with Gasteiger partial charge in [0.2, 0.25) is 0 Å². The second kappa shape index (κ2) is 8.02. The van der Waals surface area contributed by atoms with E-state index in [1.165, 1.54) is 35.4 Å². The number of rotatable bonds is 7. The summed E-state index contributed by atoms with van der Waals surface area (Å²) < 4.78 is 18.3. The predicted octanol–water partition coefficient (Wildman–Crippen LogP) is 4.46. The van der Waals surface area contributed by atoms with Gasteiger partial charge in [0.1, 0.15) is 11.6 Å². The Morgan fingerprint density at radius 3 is 2.52 bits per heavy atom. The van der Waals surface area contributed by atoms with Gasteiger partial charge >= 0.3 is 5.97 Å². The van der Waals surface area contributed by atoms with E-state index < -0.39 is 12.1 Å². The first-order valence-corrected chi connectivity index (χ1v) is 8.29. The topological polar surface area (TPSA) is 46.5 Å². The van der Waals surface area contributed by atoms with Gasteiger partial charge in [0, 0.05) is 17.1 Å². The summed E-state index contributed by atoms with van der Waals surface area (Å²) in [7, 11) is 0. The molecule has 0 heterocycles. The molecule has 0 aliphatic carbocycles. The van der Waals surface area contributed by atoms with Gasteiger partial charge in [-0.25, -0.2) is 9.18 Å². The summed E-state index contributed by atoms with van der Waals surface area (Å²) in [6.45, 7) is 4.08. The minimum atomic E-state index is -1.02. The molecule has 2 rings (SSSR count). The summed E-state index contributed by atoms with van der Waals surface area (Å²) in [5.74, 6) is -0.414. The molecule has 0 radical (unpaired) electrons. The number of carbonyl (C=O) groups is 1. The molecule has 0 saturated carbocycles. The Hall–Kier alpha value is -2.01. The normalized spacial score (nSPS) is 12.0. The highest BCUT2D eigenvalue weighted by molar-refractivity contribution is 7.99. The van der Waals surface area contributed by atoms with Crippen LogP contribution in [-0.2, 0) is 4.79 Å². The summed E-state index contributed by atoms with van der Waals surface area (Å²) >= 11 is 1.61. The van der Waals surface area contributed by atoms with Crippen LogP contribution in [0.1, 0.15) is 17.5 Å². The van der Waals surface area contributed by atoms with Crippen molar-refractivity contribution in [1.82, 2.24) is 0 Å². The van der Waals surface area contributed by atoms with Gasteiger partial charge in [-0.15, -0.1) is 11.8 Å². The Labute approximate surface area is 139 Å². The van der Waals surface area contributed by atoms with Gasteiger partial charge in [0.25, 0.3) is 0 Å². The molecule has 0 spiro atoms. The number of hydrogen-bond acceptors (Lipinski definition) is 3. The predicted molar refractivity (Wildman–Crippen MR) is 89.7 cm³/mol. The molecule has 0 amide bonds. The maximum atomic E-state index is 12.9. The molecular weight excluding hydrogens is 315 g/mol. The zero-order chi connectivity index (χ0) is 16.8. The highest BCUT2D eigenvalue weighted by Crippen LogP contribution is 2.25. The number of benzene rings is 2. The molecule has 122 valence electrons. The molecule has 1 atom stereocenters. The van der Waals surface area contributed by atoms with Crippen molar-refractivity contribution in [3.05, 3.63) is 59.4 Å². The Morgan fingerprint density at radius 2 is 1.91 bits per heavy atom. The smallest absolute Gasteiger partial charge is 0.344 e. The highest BCUT2D eigenvalue weighted by Gasteiger charge is 2.19. The van der Waals surface area contributed by atoms with E-state index in [2.05, 4.69) is 6.07 Å². The molecule has 2 aromatic rings. The third-order valence-electron chi connectivity index (χ3n) is 3.34. The van der Waals surface area contributed by atoms with Crippen LogP contribution in [0, 0.1) is 19.7 Å². The van der Waals surface area contributed by atoms with Crippen LogP contribution in [0.3, 0.4) is 0 Å². The SMILES string of the molecule is Cc1ccc(SCCC(Oc2ccc(F)cc2)C(=O)O)c(C)c1. The second-order valence-electron chi connectivity index (χ2n) is 5.30. The van der Waals surface area contributed by atoms with Gasteiger partial charge in [-0.05, 0) is 49.7 Å². The third kappa shape index (κ3) is 5.28. The summed E-state index contributed by atoms with van der Waals surface area (Å²) in [5.41, 5.74) is 2.39. The number of hydrogen-bond donors (Lipinski definition) is 1. The fourth-order valence-electron chi connectivity index (χ4n) is 2.15. The van der Waals surface area contributed by atoms with Crippen LogP contribution in [0.15, 0.2) is 47.4 Å². The fourth-order valence-corrected chi connectivity index (χ4v) is 3.15. The average Bonchev–Trinajstić information content (AvgIpc) is 2.50. The van der Waals surface area contributed by atoms with E-state index >= 15 is 0 Å². The quantitative estimate of drug-likeness (QED) is 0.760. The van der Waals surface area contributed by atoms with Crippen molar-refractivity contribution in [3.63, 3.8) is 0 Å². The van der Waals surface area contributed by atoms with Crippen LogP contribution in [0.4, 0.5) is 4.39 Å². The van der Waals surface area contributed by atoms with Crippen LogP contribution in [-0.4, -0.2) is 22.9 Å². The van der Waals surface area contributed by atoms with Gasteiger partial charge in [-0.3, -0.25) is 0 Å². The lowest BCUT2D eigenvalue weighted by atomic mass is 10.2. The first-order chi connectivity index (χ1) is 11.0. The fraction of sp³-hybridized carbons (Fsp3) is 0.278. The van der Waals surface area contributed by atoms with Crippen molar-refractivity contribution in [1.29, 1.82) is 0 Å². The van der Waals surface area contributed by atoms with Crippen molar-refractivity contribution in [2.24, 2.45) is 0 Å². The van der Waals surface area contributed by atoms with Crippen LogP contribution in [0.2, 0.25) is 0 Å². The number of thioether (sulfide) groups is 1. The lowest BCUT2D eigenvalue weighted by molar-refractivity contribution is -0.145. The Balaban J connectivity index is 1.92. The maximum absolute atomic E-state index is 12.9. The molecule has 0 bridgehead atoms. The van der Waals surface area contributed by atoms with E-state index in [0.29, 0.717) is 17.9 Å². The largest absolute Gasteiger partial charge is 0.479 e. The monoisotopic (exact) mass is 334 g/mol. The van der Waals surface area contributed by atoms with Crippen molar-refractivity contribution < 1.29 is 19.0 Å². The second-order valence-corrected chi connectivity index (χ2v) is 6.44. The molecule has 0 aliphatic rings. The summed E-state index contributed by atoms with van der Waals surface area (Å²) in [6, 6.07) is 11.6. The van der Waals surface area contributed by atoms with Crippen LogP contribution in [0.5, 0.6) is 5.75 Å². The van der Waals surface area contributed by atoms with E-state index in [9.17, 15) is 14.3 Å². The standard InChI is InChI=1S/C18H19FO3S/c1-12-3-8-17(13(2)11-12)23-10-9-16(18(20)21)22-15-6-4-14(19)5-7-15/h3-8,11,16H,9-10H2,1-2H3,(H,20,21). The summed E-state index contributed by atoms with van der Waals surface area (Å²) in [5, 5.41) is 9.27. The van der Waals surface area contributed by atoms with E-state index in [1.807, 2.05) is 26.0 Å². The van der Waals surface area contributed by atoms with Crippen LogP contribution < -0.4 is 4.74 Å².